The number of hydrogen-bond donors (Lipinski definition) is 1. The van der Waals surface area contributed by atoms with Gasteiger partial charge in [0.2, 0.25) is 0 Å². The summed E-state index contributed by atoms with van der Waals surface area (Å²) < 4.78 is 22.0. The Balaban J connectivity index is 1.50. The molecule has 1 heterocycles. The molecule has 3 rings (SSSR count). The molecule has 1 aliphatic rings. The summed E-state index contributed by atoms with van der Waals surface area (Å²) in [5.74, 6) is 0.830. The summed E-state index contributed by atoms with van der Waals surface area (Å²) in [7, 11) is 1.55. The van der Waals surface area contributed by atoms with E-state index in [0.717, 1.165) is 25.0 Å². The molecule has 1 aliphatic heterocycles. The normalized spacial score (nSPS) is 15.4. The molecule has 30 heavy (non-hydrogen) atoms. The standard InChI is InChI=1S/C21H24N2O7/c1-27-20-11-15(8-9-19(20)29-13-16-5-4-10-28-16)12-22-21(24)14-30-18-7-3-2-6-17(18)23(25)26/h2-3,6-9,11,16H,4-5,10,12-14H2,1H3,(H,22,24). The minimum Gasteiger partial charge on any atom is -0.493 e. The van der Waals surface area contributed by atoms with Gasteiger partial charge in [-0.2, -0.15) is 0 Å². The first-order chi connectivity index (χ1) is 14.6. The van der Waals surface area contributed by atoms with Crippen molar-refractivity contribution in [1.29, 1.82) is 0 Å². The van der Waals surface area contributed by atoms with Crippen molar-refractivity contribution in [3.05, 3.63) is 58.1 Å². The van der Waals surface area contributed by atoms with E-state index in [1.165, 1.54) is 18.2 Å². The first-order valence-corrected chi connectivity index (χ1v) is 9.61. The Kier molecular flexibility index (Phi) is 7.45. The van der Waals surface area contributed by atoms with Crippen LogP contribution in [0.5, 0.6) is 17.2 Å². The summed E-state index contributed by atoms with van der Waals surface area (Å²) in [5, 5.41) is 13.7. The Bertz CT molecular complexity index is 881. The average Bonchev–Trinajstić information content (AvgIpc) is 3.28. The van der Waals surface area contributed by atoms with Crippen LogP contribution in [0.25, 0.3) is 0 Å². The number of rotatable bonds is 10. The number of nitro benzene ring substituents is 1. The van der Waals surface area contributed by atoms with E-state index in [9.17, 15) is 14.9 Å². The largest absolute Gasteiger partial charge is 0.493 e. The van der Waals surface area contributed by atoms with E-state index >= 15 is 0 Å². The van der Waals surface area contributed by atoms with E-state index in [1.807, 2.05) is 6.07 Å². The van der Waals surface area contributed by atoms with Gasteiger partial charge in [-0.3, -0.25) is 14.9 Å². The zero-order valence-corrected chi connectivity index (χ0v) is 16.7. The number of carbonyl (C=O) groups is 1. The highest BCUT2D eigenvalue weighted by Gasteiger charge is 2.18. The second-order valence-corrected chi connectivity index (χ2v) is 6.72. The smallest absolute Gasteiger partial charge is 0.310 e. The quantitative estimate of drug-likeness (QED) is 0.468. The zero-order chi connectivity index (χ0) is 21.3. The molecular formula is C21H24N2O7. The Morgan fingerprint density at radius 3 is 2.77 bits per heavy atom. The molecule has 160 valence electrons. The van der Waals surface area contributed by atoms with Crippen LogP contribution < -0.4 is 19.5 Å². The number of methoxy groups -OCH3 is 1. The number of benzene rings is 2. The lowest BCUT2D eigenvalue weighted by molar-refractivity contribution is -0.385. The van der Waals surface area contributed by atoms with Crippen LogP contribution >= 0.6 is 0 Å². The van der Waals surface area contributed by atoms with Crippen LogP contribution in [-0.2, 0) is 16.1 Å². The molecule has 1 unspecified atom stereocenters. The van der Waals surface area contributed by atoms with Crippen LogP contribution in [0.15, 0.2) is 42.5 Å². The third kappa shape index (κ3) is 5.84. The predicted molar refractivity (Wildman–Crippen MR) is 108 cm³/mol. The molecule has 0 aliphatic carbocycles. The molecule has 0 bridgehead atoms. The lowest BCUT2D eigenvalue weighted by Crippen LogP contribution is -2.28. The summed E-state index contributed by atoms with van der Waals surface area (Å²) in [6, 6.07) is 11.3. The van der Waals surface area contributed by atoms with Crippen molar-refractivity contribution in [3.63, 3.8) is 0 Å². The Morgan fingerprint density at radius 1 is 1.20 bits per heavy atom. The number of carbonyl (C=O) groups excluding carboxylic acids is 1. The SMILES string of the molecule is COc1cc(CNC(=O)COc2ccccc2[N+](=O)[O-])ccc1OCC1CCCO1. The van der Waals surface area contributed by atoms with Gasteiger partial charge in [-0.1, -0.05) is 18.2 Å². The predicted octanol–water partition coefficient (Wildman–Crippen LogP) is 2.86. The van der Waals surface area contributed by atoms with Crippen molar-refractivity contribution in [2.75, 3.05) is 26.9 Å². The van der Waals surface area contributed by atoms with Crippen molar-refractivity contribution < 1.29 is 28.7 Å². The number of nitro groups is 1. The van der Waals surface area contributed by atoms with Gasteiger partial charge in [-0.05, 0) is 36.6 Å². The molecular weight excluding hydrogens is 392 g/mol. The summed E-state index contributed by atoms with van der Waals surface area (Å²) in [5.41, 5.74) is 0.629. The topological polar surface area (TPSA) is 109 Å². The van der Waals surface area contributed by atoms with Crippen molar-refractivity contribution in [2.45, 2.75) is 25.5 Å². The Hall–Kier alpha value is -3.33. The monoisotopic (exact) mass is 416 g/mol. The molecule has 2 aromatic rings. The number of ether oxygens (including phenoxy) is 4. The highest BCUT2D eigenvalue weighted by Crippen LogP contribution is 2.29. The maximum atomic E-state index is 12.1. The minimum absolute atomic E-state index is 0.0482. The summed E-state index contributed by atoms with van der Waals surface area (Å²) in [6.45, 7) is 1.16. The van der Waals surface area contributed by atoms with Gasteiger partial charge >= 0.3 is 5.69 Å². The van der Waals surface area contributed by atoms with Gasteiger partial charge in [0.25, 0.3) is 5.91 Å². The maximum absolute atomic E-state index is 12.1. The van der Waals surface area contributed by atoms with Crippen LogP contribution in [0.2, 0.25) is 0 Å². The summed E-state index contributed by atoms with van der Waals surface area (Å²) in [4.78, 5) is 22.5. The number of nitrogens with one attached hydrogen (secondary N) is 1. The molecule has 1 fully saturated rings. The summed E-state index contributed by atoms with van der Waals surface area (Å²) >= 11 is 0. The third-order valence-corrected chi connectivity index (χ3v) is 4.59. The Labute approximate surface area is 174 Å². The molecule has 1 amide bonds. The highest BCUT2D eigenvalue weighted by molar-refractivity contribution is 5.77. The number of hydrogen-bond acceptors (Lipinski definition) is 7. The maximum Gasteiger partial charge on any atom is 0.310 e. The first-order valence-electron chi connectivity index (χ1n) is 9.61. The van der Waals surface area contributed by atoms with Crippen molar-refractivity contribution >= 4 is 11.6 Å². The molecule has 0 radical (unpaired) electrons. The fraction of sp³-hybridized carbons (Fsp3) is 0.381. The van der Waals surface area contributed by atoms with Gasteiger partial charge in [0.05, 0.1) is 18.1 Å². The van der Waals surface area contributed by atoms with E-state index in [2.05, 4.69) is 5.32 Å². The molecule has 2 aromatic carbocycles. The fourth-order valence-corrected chi connectivity index (χ4v) is 3.02. The molecule has 1 N–H and O–H groups in total. The van der Waals surface area contributed by atoms with Crippen molar-refractivity contribution in [3.8, 4) is 17.2 Å². The molecule has 1 atom stereocenters. The van der Waals surface area contributed by atoms with Gasteiger partial charge < -0.3 is 24.3 Å². The molecule has 9 heteroatoms. The van der Waals surface area contributed by atoms with Gasteiger partial charge in [0, 0.05) is 19.2 Å². The van der Waals surface area contributed by atoms with Crippen LogP contribution in [0.1, 0.15) is 18.4 Å². The van der Waals surface area contributed by atoms with E-state index in [-0.39, 0.29) is 30.7 Å². The Morgan fingerprint density at radius 2 is 2.03 bits per heavy atom. The first kappa shape index (κ1) is 21.4. The highest BCUT2D eigenvalue weighted by atomic mass is 16.6. The van der Waals surface area contributed by atoms with Gasteiger partial charge in [-0.15, -0.1) is 0 Å². The lowest BCUT2D eigenvalue weighted by atomic mass is 10.2. The van der Waals surface area contributed by atoms with Gasteiger partial charge in [0.1, 0.15) is 6.61 Å². The molecule has 0 aromatic heterocycles. The number of para-hydroxylation sites is 2. The molecule has 9 nitrogen and oxygen atoms in total. The molecule has 0 spiro atoms. The second-order valence-electron chi connectivity index (χ2n) is 6.72. The van der Waals surface area contributed by atoms with E-state index in [4.69, 9.17) is 18.9 Å². The van der Waals surface area contributed by atoms with Crippen LogP contribution in [0.3, 0.4) is 0 Å². The van der Waals surface area contributed by atoms with Crippen molar-refractivity contribution in [2.24, 2.45) is 0 Å². The number of amides is 1. The average molecular weight is 416 g/mol. The van der Waals surface area contributed by atoms with Crippen LogP contribution in [-0.4, -0.2) is 43.9 Å². The zero-order valence-electron chi connectivity index (χ0n) is 16.7. The van der Waals surface area contributed by atoms with E-state index < -0.39 is 10.8 Å². The van der Waals surface area contributed by atoms with Gasteiger partial charge in [-0.25, -0.2) is 0 Å². The van der Waals surface area contributed by atoms with Crippen molar-refractivity contribution in [1.82, 2.24) is 5.32 Å². The summed E-state index contributed by atoms with van der Waals surface area (Å²) in [6.07, 6.45) is 2.14. The number of nitrogens with zero attached hydrogens (tertiary/aromatic N) is 1. The fourth-order valence-electron chi connectivity index (χ4n) is 3.02. The second kappa shape index (κ2) is 10.4. The van der Waals surface area contributed by atoms with E-state index in [0.29, 0.717) is 18.1 Å². The molecule has 0 saturated carbocycles. The lowest BCUT2D eigenvalue weighted by Gasteiger charge is -2.15. The van der Waals surface area contributed by atoms with E-state index in [1.54, 1.807) is 25.3 Å². The van der Waals surface area contributed by atoms with Gasteiger partial charge in [0.15, 0.2) is 23.9 Å². The van der Waals surface area contributed by atoms with Crippen LogP contribution in [0, 0.1) is 10.1 Å². The molecule has 1 saturated heterocycles. The van der Waals surface area contributed by atoms with Crippen LogP contribution in [0.4, 0.5) is 5.69 Å². The third-order valence-electron chi connectivity index (χ3n) is 4.59. The minimum atomic E-state index is -0.554.